The summed E-state index contributed by atoms with van der Waals surface area (Å²) in [7, 11) is -2.14. The Labute approximate surface area is 155 Å². The van der Waals surface area contributed by atoms with Crippen molar-refractivity contribution in [1.82, 2.24) is 0 Å². The normalized spacial score (nSPS) is 12.7. The quantitative estimate of drug-likeness (QED) is 0.518. The van der Waals surface area contributed by atoms with Crippen LogP contribution in [-0.4, -0.2) is 19.9 Å². The van der Waals surface area contributed by atoms with Crippen molar-refractivity contribution in [1.29, 1.82) is 0 Å². The Morgan fingerprint density at radius 3 is 2.00 bits per heavy atom. The van der Waals surface area contributed by atoms with Crippen molar-refractivity contribution in [2.24, 2.45) is 0 Å². The minimum atomic E-state index is -4.53. The zero-order valence-electron chi connectivity index (χ0n) is 14.9. The second-order valence-electron chi connectivity index (χ2n) is 6.98. The third-order valence-electron chi connectivity index (χ3n) is 4.42. The average Bonchev–Trinajstić information content (AvgIpc) is 2.60. The number of carbonyl (C=O) groups is 1. The van der Waals surface area contributed by atoms with Crippen LogP contribution in [0, 0.1) is 0 Å². The summed E-state index contributed by atoms with van der Waals surface area (Å²) in [6.45, 7) is 3.90. The minimum Gasteiger partial charge on any atom is -0.321 e. The van der Waals surface area contributed by atoms with Gasteiger partial charge in [-0.15, -0.1) is 0 Å². The van der Waals surface area contributed by atoms with Crippen molar-refractivity contribution in [2.75, 3.05) is 5.32 Å². The van der Waals surface area contributed by atoms with Crippen LogP contribution in [0.4, 0.5) is 27.6 Å². The first-order valence-corrected chi connectivity index (χ1v) is 11.5. The molecule has 1 amide bonds. The number of halogens is 5. The molecule has 27 heavy (non-hydrogen) atoms. The summed E-state index contributed by atoms with van der Waals surface area (Å²) in [6, 6.07) is 12.9. The molecule has 0 saturated heterocycles. The van der Waals surface area contributed by atoms with Crippen LogP contribution < -0.4 is 10.5 Å². The van der Waals surface area contributed by atoms with Crippen molar-refractivity contribution >= 4 is 24.9 Å². The number of carbonyl (C=O) groups excluding carboxylic acids is 1. The first-order chi connectivity index (χ1) is 12.4. The molecule has 0 radical (unpaired) electrons. The summed E-state index contributed by atoms with van der Waals surface area (Å²) >= 11 is 0. The highest BCUT2D eigenvalue weighted by Crippen LogP contribution is 2.31. The summed E-state index contributed by atoms with van der Waals surface area (Å²) in [5, 5.41) is 3.01. The highest BCUT2D eigenvalue weighted by molar-refractivity contribution is 6.89. The zero-order chi connectivity index (χ0) is 20.3. The maximum atomic E-state index is 14.2. The number of anilines is 1. The van der Waals surface area contributed by atoms with E-state index >= 15 is 0 Å². The van der Waals surface area contributed by atoms with Crippen molar-refractivity contribution in [3.8, 4) is 0 Å². The van der Waals surface area contributed by atoms with Crippen LogP contribution in [0.25, 0.3) is 0 Å². The van der Waals surface area contributed by atoms with Crippen molar-refractivity contribution in [3.63, 3.8) is 0 Å². The van der Waals surface area contributed by atoms with Gasteiger partial charge in [0.2, 0.25) is 0 Å². The molecule has 0 aromatic heterocycles. The highest BCUT2D eigenvalue weighted by atomic mass is 28.3. The van der Waals surface area contributed by atoms with Gasteiger partial charge >= 0.3 is 12.1 Å². The van der Waals surface area contributed by atoms with E-state index in [9.17, 15) is 26.7 Å². The molecule has 0 aliphatic heterocycles. The van der Waals surface area contributed by atoms with Gasteiger partial charge in [-0.3, -0.25) is 4.79 Å². The molecular formula is C19H20F5NOSi. The Hall–Kier alpha value is -2.22. The molecule has 8 heteroatoms. The van der Waals surface area contributed by atoms with Crippen LogP contribution in [0.1, 0.15) is 12.0 Å². The predicted octanol–water partition coefficient (Wildman–Crippen LogP) is 5.28. The van der Waals surface area contributed by atoms with Crippen molar-refractivity contribution in [3.05, 3.63) is 60.2 Å². The second-order valence-corrected chi connectivity index (χ2v) is 11.8. The average molecular weight is 401 g/mol. The lowest BCUT2D eigenvalue weighted by atomic mass is 10.2. The molecule has 2 rings (SSSR count). The fourth-order valence-electron chi connectivity index (χ4n) is 2.58. The second kappa shape index (κ2) is 7.80. The standard InChI is InChI=1S/C19H20F5NOSi/c1-27(2,16-6-4-3-5-7-16)13-12-18(20,21)17(26)25-15-10-8-14(9-11-15)19(22,23)24/h3-11H,12-13H2,1-2H3,(H,25,26). The molecule has 2 aromatic carbocycles. The maximum Gasteiger partial charge on any atom is 0.416 e. The molecule has 0 spiro atoms. The van der Waals surface area contributed by atoms with E-state index in [1.165, 1.54) is 0 Å². The summed E-state index contributed by atoms with van der Waals surface area (Å²) in [5.74, 6) is -5.12. The number of nitrogens with one attached hydrogen (secondary N) is 1. The van der Waals surface area contributed by atoms with Gasteiger partial charge < -0.3 is 5.32 Å². The Morgan fingerprint density at radius 1 is 0.926 bits per heavy atom. The topological polar surface area (TPSA) is 29.1 Å². The molecule has 0 saturated carbocycles. The van der Waals surface area contributed by atoms with E-state index in [4.69, 9.17) is 0 Å². The molecule has 2 nitrogen and oxygen atoms in total. The number of hydrogen-bond donors (Lipinski definition) is 1. The maximum absolute atomic E-state index is 14.2. The molecule has 146 valence electrons. The van der Waals surface area contributed by atoms with Crippen LogP contribution >= 0.6 is 0 Å². The minimum absolute atomic E-state index is 0.104. The number of amides is 1. The molecule has 2 aromatic rings. The van der Waals surface area contributed by atoms with Gasteiger partial charge in [-0.1, -0.05) is 48.6 Å². The molecule has 0 bridgehead atoms. The molecule has 0 aliphatic carbocycles. The molecule has 0 heterocycles. The Morgan fingerprint density at radius 2 is 1.48 bits per heavy atom. The largest absolute Gasteiger partial charge is 0.416 e. The van der Waals surface area contributed by atoms with Gasteiger partial charge in [0.05, 0.1) is 13.6 Å². The van der Waals surface area contributed by atoms with Crippen LogP contribution in [0.2, 0.25) is 19.1 Å². The van der Waals surface area contributed by atoms with Gasteiger partial charge in [-0.25, -0.2) is 0 Å². The number of alkyl halides is 5. The zero-order valence-corrected chi connectivity index (χ0v) is 15.9. The summed E-state index contributed by atoms with van der Waals surface area (Å²) in [5.41, 5.74) is -1.02. The van der Waals surface area contributed by atoms with E-state index in [1.807, 2.05) is 48.7 Å². The first kappa shape index (κ1) is 21.1. The number of rotatable bonds is 6. The van der Waals surface area contributed by atoms with Gasteiger partial charge in [-0.05, 0) is 30.3 Å². The van der Waals surface area contributed by atoms with E-state index in [-0.39, 0.29) is 11.7 Å². The summed E-state index contributed by atoms with van der Waals surface area (Å²) < 4.78 is 66.1. The molecule has 1 N–H and O–H groups in total. The Bertz CT molecular complexity index is 773. The molecular weight excluding hydrogens is 381 g/mol. The fraction of sp³-hybridized carbons (Fsp3) is 0.316. The lowest BCUT2D eigenvalue weighted by molar-refractivity contribution is -0.139. The van der Waals surface area contributed by atoms with E-state index < -0.39 is 38.1 Å². The van der Waals surface area contributed by atoms with Crippen molar-refractivity contribution in [2.45, 2.75) is 37.7 Å². The molecule has 0 aliphatic rings. The van der Waals surface area contributed by atoms with Crippen LogP contribution in [0.5, 0.6) is 0 Å². The predicted molar refractivity (Wildman–Crippen MR) is 98.0 cm³/mol. The van der Waals surface area contributed by atoms with Gasteiger partial charge in [-0.2, -0.15) is 22.0 Å². The monoisotopic (exact) mass is 401 g/mol. The summed E-state index contributed by atoms with van der Waals surface area (Å²) in [4.78, 5) is 11.9. The van der Waals surface area contributed by atoms with E-state index in [0.717, 1.165) is 29.5 Å². The van der Waals surface area contributed by atoms with Crippen LogP contribution in [0.15, 0.2) is 54.6 Å². The van der Waals surface area contributed by atoms with E-state index in [0.29, 0.717) is 0 Å². The molecule has 0 fully saturated rings. The van der Waals surface area contributed by atoms with Gasteiger partial charge in [0, 0.05) is 12.1 Å². The molecule has 0 atom stereocenters. The van der Waals surface area contributed by atoms with Gasteiger partial charge in [0.25, 0.3) is 5.91 Å². The third-order valence-corrected chi connectivity index (χ3v) is 7.82. The van der Waals surface area contributed by atoms with Gasteiger partial charge in [0.1, 0.15) is 0 Å². The van der Waals surface area contributed by atoms with Gasteiger partial charge in [0.15, 0.2) is 0 Å². The lowest BCUT2D eigenvalue weighted by Crippen LogP contribution is -2.44. The Kier molecular flexibility index (Phi) is 6.09. The fourth-order valence-corrected chi connectivity index (χ4v) is 4.90. The van der Waals surface area contributed by atoms with Crippen LogP contribution in [0.3, 0.4) is 0 Å². The smallest absolute Gasteiger partial charge is 0.321 e. The highest BCUT2D eigenvalue weighted by Gasteiger charge is 2.41. The lowest BCUT2D eigenvalue weighted by Gasteiger charge is -2.25. The Balaban J connectivity index is 2.00. The summed E-state index contributed by atoms with van der Waals surface area (Å²) in [6.07, 6.45) is -5.15. The number of hydrogen-bond acceptors (Lipinski definition) is 1. The van der Waals surface area contributed by atoms with Crippen LogP contribution in [-0.2, 0) is 11.0 Å². The van der Waals surface area contributed by atoms with E-state index in [1.54, 1.807) is 0 Å². The third kappa shape index (κ3) is 5.62. The van der Waals surface area contributed by atoms with Crippen molar-refractivity contribution < 1.29 is 26.7 Å². The first-order valence-electron chi connectivity index (χ1n) is 8.34. The van der Waals surface area contributed by atoms with E-state index in [2.05, 4.69) is 0 Å². The SMILES string of the molecule is C[Si](C)(CCC(F)(F)C(=O)Nc1ccc(C(F)(F)F)cc1)c1ccccc1. The number of benzene rings is 2. The molecule has 0 unspecified atom stereocenters.